The zero-order valence-electron chi connectivity index (χ0n) is 10.4. The van der Waals surface area contributed by atoms with Gasteiger partial charge in [-0.2, -0.15) is 0 Å². The van der Waals surface area contributed by atoms with Crippen molar-refractivity contribution in [3.8, 4) is 0 Å². The minimum Gasteiger partial charge on any atom is -0.375 e. The van der Waals surface area contributed by atoms with Crippen LogP contribution in [0, 0.1) is 10.1 Å². The van der Waals surface area contributed by atoms with E-state index in [-0.39, 0.29) is 5.69 Å². The van der Waals surface area contributed by atoms with Crippen LogP contribution in [0.2, 0.25) is 0 Å². The molecule has 2 aromatic carbocycles. The van der Waals surface area contributed by atoms with E-state index in [2.05, 4.69) is 5.32 Å². The molecule has 0 aliphatic rings. The van der Waals surface area contributed by atoms with Crippen LogP contribution >= 0.6 is 0 Å². The van der Waals surface area contributed by atoms with Gasteiger partial charge in [0.15, 0.2) is 0 Å². The third kappa shape index (κ3) is 3.29. The Balaban J connectivity index is 2.18. The fraction of sp³-hybridized carbons (Fsp3) is 0.143. The molecular formula is C14H15N3O2. The van der Waals surface area contributed by atoms with Crippen molar-refractivity contribution in [2.45, 2.75) is 13.1 Å². The van der Waals surface area contributed by atoms with Crippen LogP contribution in [-0.4, -0.2) is 4.92 Å². The van der Waals surface area contributed by atoms with Gasteiger partial charge in [-0.05, 0) is 17.2 Å². The van der Waals surface area contributed by atoms with Gasteiger partial charge in [0.2, 0.25) is 0 Å². The van der Waals surface area contributed by atoms with Crippen LogP contribution in [0.25, 0.3) is 0 Å². The first-order valence-electron chi connectivity index (χ1n) is 5.96. The molecule has 98 valence electrons. The van der Waals surface area contributed by atoms with E-state index < -0.39 is 4.92 Å². The van der Waals surface area contributed by atoms with Gasteiger partial charge < -0.3 is 11.1 Å². The number of rotatable bonds is 5. The largest absolute Gasteiger partial charge is 0.375 e. The molecule has 3 N–H and O–H groups in total. The van der Waals surface area contributed by atoms with Gasteiger partial charge in [0.05, 0.1) is 4.92 Å². The van der Waals surface area contributed by atoms with E-state index in [1.54, 1.807) is 12.1 Å². The molecule has 0 heterocycles. The summed E-state index contributed by atoms with van der Waals surface area (Å²) in [6.07, 6.45) is 0. The Labute approximate surface area is 111 Å². The van der Waals surface area contributed by atoms with Gasteiger partial charge in [0, 0.05) is 19.2 Å². The Hall–Kier alpha value is -2.40. The monoisotopic (exact) mass is 257 g/mol. The maximum atomic E-state index is 11.0. The van der Waals surface area contributed by atoms with E-state index in [0.717, 1.165) is 11.1 Å². The molecule has 0 unspecified atom stereocenters. The molecule has 0 aliphatic heterocycles. The quantitative estimate of drug-likeness (QED) is 0.637. The van der Waals surface area contributed by atoms with E-state index in [9.17, 15) is 10.1 Å². The summed E-state index contributed by atoms with van der Waals surface area (Å²) < 4.78 is 0. The Kier molecular flexibility index (Phi) is 4.10. The molecule has 0 aliphatic carbocycles. The van der Waals surface area contributed by atoms with Crippen molar-refractivity contribution in [3.63, 3.8) is 0 Å². The summed E-state index contributed by atoms with van der Waals surface area (Å²) in [5.41, 5.74) is 7.87. The number of nitrogens with one attached hydrogen (secondary N) is 1. The van der Waals surface area contributed by atoms with Crippen molar-refractivity contribution >= 4 is 11.4 Å². The summed E-state index contributed by atoms with van der Waals surface area (Å²) in [5, 5.41) is 14.1. The number of hydrogen-bond acceptors (Lipinski definition) is 4. The number of nitrogens with two attached hydrogens (primary N) is 1. The first-order chi connectivity index (χ1) is 9.20. The lowest BCUT2D eigenvalue weighted by atomic mass is 10.1. The maximum absolute atomic E-state index is 11.0. The van der Waals surface area contributed by atoms with E-state index in [4.69, 9.17) is 5.73 Å². The average Bonchev–Trinajstić information content (AvgIpc) is 2.46. The predicted octanol–water partition coefficient (Wildman–Crippen LogP) is 2.67. The van der Waals surface area contributed by atoms with Crippen molar-refractivity contribution in [1.29, 1.82) is 0 Å². The zero-order chi connectivity index (χ0) is 13.7. The standard InChI is InChI=1S/C14H15N3O2/c15-9-12-6-7-13(14(8-12)17(18)19)16-10-11-4-2-1-3-5-11/h1-8,16H,9-10,15H2. The molecule has 0 amide bonds. The summed E-state index contributed by atoms with van der Waals surface area (Å²) in [5.74, 6) is 0. The zero-order valence-corrected chi connectivity index (χ0v) is 10.4. The second-order valence-electron chi connectivity index (χ2n) is 4.15. The van der Waals surface area contributed by atoms with Gasteiger partial charge in [0.25, 0.3) is 5.69 Å². The first-order valence-corrected chi connectivity index (χ1v) is 5.96. The number of nitro groups is 1. The molecule has 19 heavy (non-hydrogen) atoms. The van der Waals surface area contributed by atoms with Crippen LogP contribution in [0.5, 0.6) is 0 Å². The fourth-order valence-corrected chi connectivity index (χ4v) is 1.80. The number of benzene rings is 2. The Bertz CT molecular complexity index is 570. The lowest BCUT2D eigenvalue weighted by Gasteiger charge is -2.08. The van der Waals surface area contributed by atoms with Crippen molar-refractivity contribution in [3.05, 3.63) is 69.8 Å². The highest BCUT2D eigenvalue weighted by Crippen LogP contribution is 2.25. The summed E-state index contributed by atoms with van der Waals surface area (Å²) in [4.78, 5) is 10.6. The van der Waals surface area contributed by atoms with E-state index in [1.165, 1.54) is 6.07 Å². The van der Waals surface area contributed by atoms with Crippen molar-refractivity contribution in [2.24, 2.45) is 5.73 Å². The molecule has 2 aromatic rings. The number of nitrogens with zero attached hydrogens (tertiary/aromatic N) is 1. The molecule has 0 spiro atoms. The third-order valence-electron chi connectivity index (χ3n) is 2.82. The number of hydrogen-bond donors (Lipinski definition) is 2. The maximum Gasteiger partial charge on any atom is 0.292 e. The normalized spacial score (nSPS) is 10.2. The Morgan fingerprint density at radius 2 is 1.84 bits per heavy atom. The van der Waals surface area contributed by atoms with Crippen LogP contribution in [0.4, 0.5) is 11.4 Å². The minimum atomic E-state index is -0.396. The molecule has 5 heteroatoms. The van der Waals surface area contributed by atoms with Gasteiger partial charge in [-0.25, -0.2) is 0 Å². The molecular weight excluding hydrogens is 242 g/mol. The summed E-state index contributed by atoms with van der Waals surface area (Å²) in [7, 11) is 0. The summed E-state index contributed by atoms with van der Waals surface area (Å²) in [6.45, 7) is 0.837. The summed E-state index contributed by atoms with van der Waals surface area (Å²) >= 11 is 0. The van der Waals surface area contributed by atoms with Crippen LogP contribution < -0.4 is 11.1 Å². The van der Waals surface area contributed by atoms with Crippen LogP contribution in [0.1, 0.15) is 11.1 Å². The molecule has 0 fully saturated rings. The molecule has 0 atom stereocenters. The highest BCUT2D eigenvalue weighted by Gasteiger charge is 2.13. The van der Waals surface area contributed by atoms with Crippen LogP contribution in [-0.2, 0) is 13.1 Å². The highest BCUT2D eigenvalue weighted by molar-refractivity contribution is 5.62. The topological polar surface area (TPSA) is 81.2 Å². The van der Waals surface area contributed by atoms with Gasteiger partial charge in [-0.3, -0.25) is 10.1 Å². The molecule has 0 radical (unpaired) electrons. The molecule has 0 bridgehead atoms. The summed E-state index contributed by atoms with van der Waals surface area (Å²) in [6, 6.07) is 14.7. The van der Waals surface area contributed by atoms with Crippen molar-refractivity contribution in [2.75, 3.05) is 5.32 Å². The van der Waals surface area contributed by atoms with Gasteiger partial charge in [-0.1, -0.05) is 36.4 Å². The molecule has 0 aromatic heterocycles. The first kappa shape index (κ1) is 13.0. The Morgan fingerprint density at radius 1 is 1.11 bits per heavy atom. The van der Waals surface area contributed by atoms with Crippen molar-refractivity contribution in [1.82, 2.24) is 0 Å². The second-order valence-corrected chi connectivity index (χ2v) is 4.15. The minimum absolute atomic E-state index is 0.0545. The highest BCUT2D eigenvalue weighted by atomic mass is 16.6. The second kappa shape index (κ2) is 5.97. The van der Waals surface area contributed by atoms with E-state index >= 15 is 0 Å². The van der Waals surface area contributed by atoms with Crippen LogP contribution in [0.15, 0.2) is 48.5 Å². The molecule has 0 saturated heterocycles. The Morgan fingerprint density at radius 3 is 2.47 bits per heavy atom. The SMILES string of the molecule is NCc1ccc(NCc2ccccc2)c([N+](=O)[O-])c1. The molecule has 0 saturated carbocycles. The van der Waals surface area contributed by atoms with E-state index in [1.807, 2.05) is 30.3 Å². The molecule has 2 rings (SSSR count). The predicted molar refractivity (Wildman–Crippen MR) is 74.8 cm³/mol. The molecule has 5 nitrogen and oxygen atoms in total. The van der Waals surface area contributed by atoms with Crippen molar-refractivity contribution < 1.29 is 4.92 Å². The lowest BCUT2D eigenvalue weighted by Crippen LogP contribution is -2.04. The van der Waals surface area contributed by atoms with Gasteiger partial charge >= 0.3 is 0 Å². The number of anilines is 1. The third-order valence-corrected chi connectivity index (χ3v) is 2.82. The smallest absolute Gasteiger partial charge is 0.292 e. The lowest BCUT2D eigenvalue weighted by molar-refractivity contribution is -0.384. The van der Waals surface area contributed by atoms with Crippen LogP contribution in [0.3, 0.4) is 0 Å². The number of nitro benzene ring substituents is 1. The van der Waals surface area contributed by atoms with Gasteiger partial charge in [-0.15, -0.1) is 0 Å². The van der Waals surface area contributed by atoms with Gasteiger partial charge in [0.1, 0.15) is 5.69 Å². The van der Waals surface area contributed by atoms with E-state index in [0.29, 0.717) is 18.8 Å². The average molecular weight is 257 g/mol. The fourth-order valence-electron chi connectivity index (χ4n) is 1.80.